The minimum atomic E-state index is -1.03. The quantitative estimate of drug-likeness (QED) is 0.0118. The van der Waals surface area contributed by atoms with Crippen molar-refractivity contribution in [1.29, 1.82) is 0 Å². The van der Waals surface area contributed by atoms with Crippen LogP contribution >= 0.6 is 24.4 Å². The van der Waals surface area contributed by atoms with Gasteiger partial charge in [-0.3, -0.25) is 19.9 Å². The molecule has 0 aliphatic heterocycles. The van der Waals surface area contributed by atoms with Crippen LogP contribution in [0.1, 0.15) is 229 Å². The number of isothiocyanates is 2. The number of ether oxygens (including phenoxy) is 8. The minimum absolute atomic E-state index is 0. The van der Waals surface area contributed by atoms with Gasteiger partial charge in [0.15, 0.2) is 0 Å². The van der Waals surface area contributed by atoms with E-state index in [-0.39, 0.29) is 19.5 Å². The zero-order chi connectivity index (χ0) is 89.5. The van der Waals surface area contributed by atoms with Crippen LogP contribution in [-0.2, 0) is 29.1 Å². The molecule has 0 spiro atoms. The first-order chi connectivity index (χ1) is 58.4. The van der Waals surface area contributed by atoms with Crippen LogP contribution in [0.2, 0.25) is 0 Å². The molecule has 4 aromatic heterocycles. The first kappa shape index (κ1) is 105. The van der Waals surface area contributed by atoms with Crippen molar-refractivity contribution in [2.45, 2.75) is 176 Å². The van der Waals surface area contributed by atoms with E-state index in [0.717, 1.165) is 177 Å². The van der Waals surface area contributed by atoms with Crippen LogP contribution in [-0.4, -0.2) is 105 Å². The number of rotatable bonds is 46. The number of aryl methyl sites for hydroxylation is 2. The molecule has 0 atom stereocenters. The van der Waals surface area contributed by atoms with E-state index in [4.69, 9.17) is 68.9 Å². The van der Waals surface area contributed by atoms with Crippen LogP contribution in [0.3, 0.4) is 0 Å². The summed E-state index contributed by atoms with van der Waals surface area (Å²) in [6.07, 6.45) is 36.3. The van der Waals surface area contributed by atoms with Crippen molar-refractivity contribution in [2.75, 3.05) is 52.9 Å². The molecule has 18 nitrogen and oxygen atoms in total. The van der Waals surface area contributed by atoms with E-state index < -0.39 is 11.9 Å². The number of carbonyl (C=O) groups is 2. The van der Waals surface area contributed by atoms with Gasteiger partial charge in [-0.25, -0.2) is 9.59 Å². The van der Waals surface area contributed by atoms with Crippen LogP contribution in [0.15, 0.2) is 134 Å². The summed E-state index contributed by atoms with van der Waals surface area (Å²) in [6, 6.07) is 31.9. The molecule has 658 valence electrons. The van der Waals surface area contributed by atoms with Gasteiger partial charge in [0.2, 0.25) is 0 Å². The average Bonchev–Trinajstić information content (AvgIpc) is 0.894. The second kappa shape index (κ2) is 57.8. The normalized spacial score (nSPS) is 11.4. The molecule has 0 radical (unpaired) electrons. The Balaban J connectivity index is 0.000000926. The Morgan fingerprint density at radius 2 is 0.480 bits per heavy atom. The molecule has 8 aromatic rings. The number of carboxylic acid groups (broad SMARTS) is 2. The molecule has 21 heteroatoms. The zero-order valence-electron chi connectivity index (χ0n) is 75.2. The van der Waals surface area contributed by atoms with Crippen molar-refractivity contribution in [1.82, 2.24) is 19.9 Å². The Kier molecular flexibility index (Phi) is 49.2. The standard InChI is InChI=1S/C84H116N2O8.C16H12N2O4.2CNS.Ru/c1-57(2)29-39-87-77-51-71(79(47-65(77)17)89-41-31-59(5)6)23-25-73-55-81(91-43-33-61(9)10)69(53-83(73)93-45-35-63(13)14)21-19-67-27-37-85-75(49-67)76-50-68(28-38-86-76)20-22-70-54-84(94-46-36-64(15)16)74(56-82(70)92-44-34-62(11)12)26-24-72-52-78(88-40-30-58(3)4)66(18)48-80(72)90-42-32-60(7)8;19-15(20)3-1-11-5-7-17-13(9-11)14-10-12(6-8-18-14)2-4-16(21)22;2*2-1-3;/h19-28,37-38,47-64H,29-36,39-46H2,1-18H3;1-10H,(H,19,20)(H,21,22);;;/q;;2*-1;+2/b21-19+,22-20+,25-23+,26-24+;3-1+,4-2+;;;. The minimum Gasteiger partial charge on any atom is -0.753 e. The van der Waals surface area contributed by atoms with Gasteiger partial charge in [-0.05, 0) is 255 Å². The Morgan fingerprint density at radius 1 is 0.309 bits per heavy atom. The third-order valence-electron chi connectivity index (χ3n) is 18.8. The van der Waals surface area contributed by atoms with E-state index >= 15 is 0 Å². The van der Waals surface area contributed by atoms with Crippen LogP contribution in [0, 0.1) is 61.2 Å². The van der Waals surface area contributed by atoms with Crippen molar-refractivity contribution >= 4 is 107 Å². The number of aromatic nitrogens is 4. The summed E-state index contributed by atoms with van der Waals surface area (Å²) in [5.41, 5.74) is 13.7. The van der Waals surface area contributed by atoms with Gasteiger partial charge in [0.05, 0.1) is 75.6 Å². The predicted octanol–water partition coefficient (Wildman–Crippen LogP) is 26.5. The number of benzene rings is 4. The summed E-state index contributed by atoms with van der Waals surface area (Å²) < 4.78 is 52.5. The molecule has 0 aliphatic rings. The molecule has 0 unspecified atom stereocenters. The second-order valence-corrected chi connectivity index (χ2v) is 33.5. The number of pyridine rings is 4. The van der Waals surface area contributed by atoms with E-state index in [0.29, 0.717) is 123 Å². The summed E-state index contributed by atoms with van der Waals surface area (Å²) in [4.78, 5) is 39.1. The van der Waals surface area contributed by atoms with Crippen molar-refractivity contribution in [3.63, 3.8) is 0 Å². The molecule has 4 aromatic carbocycles. The number of nitrogens with zero attached hydrogens (tertiary/aromatic N) is 6. The molecule has 0 aliphatic carbocycles. The smallest absolute Gasteiger partial charge is 0.753 e. The van der Waals surface area contributed by atoms with Gasteiger partial charge >= 0.3 is 31.4 Å². The molecule has 0 saturated carbocycles. The SMILES string of the molecule is Cc1cc(OCCC(C)C)c(/C=C/c2cc(OCCC(C)C)c(/C=C/c3ccnc(-c4cc(/C=C/c5cc(OCCC(C)C)c(/C=C/c6cc(OCCC(C)C)c(C)cc6OCCC(C)C)cc5OCCC(C)C)ccn4)c3)cc2OCCC(C)C)cc1OCCC(C)C.O=C(O)/C=C/c1ccnc(-c2cc(/C=C/C(=O)O)ccn2)c1.[N-]=C=S.[N-]=C=S.[Ru+2]. The number of hydrogen-bond donors (Lipinski definition) is 2. The van der Waals surface area contributed by atoms with Gasteiger partial charge in [-0.2, -0.15) is 10.3 Å². The monoisotopic (exact) mass is 1790 g/mol. The Hall–Kier alpha value is -10.5. The maximum absolute atomic E-state index is 10.5. The molecule has 0 saturated heterocycles. The van der Waals surface area contributed by atoms with Crippen LogP contribution in [0.4, 0.5) is 0 Å². The summed E-state index contributed by atoms with van der Waals surface area (Å²) in [5.74, 6) is 8.55. The summed E-state index contributed by atoms with van der Waals surface area (Å²) in [7, 11) is 0. The third-order valence-corrected chi connectivity index (χ3v) is 18.8. The van der Waals surface area contributed by atoms with E-state index in [1.807, 2.05) is 24.5 Å². The molecule has 8 rings (SSSR count). The fraction of sp³-hybridized carbons (Fsp3) is 0.412. The van der Waals surface area contributed by atoms with Crippen LogP contribution in [0.5, 0.6) is 46.0 Å². The van der Waals surface area contributed by atoms with Crippen molar-refractivity contribution < 1.29 is 77.2 Å². The molecule has 0 fully saturated rings. The largest absolute Gasteiger partial charge is 2.00 e. The van der Waals surface area contributed by atoms with E-state index in [9.17, 15) is 9.59 Å². The van der Waals surface area contributed by atoms with Gasteiger partial charge in [0, 0.05) is 70.3 Å². The molecule has 0 amide bonds. The average molecular weight is 1800 g/mol. The summed E-state index contributed by atoms with van der Waals surface area (Å²) in [5, 5.41) is 34.2. The summed E-state index contributed by atoms with van der Waals surface area (Å²) in [6.45, 7) is 44.7. The molecule has 0 bridgehead atoms. The maximum Gasteiger partial charge on any atom is 2.00 e. The first-order valence-corrected chi connectivity index (χ1v) is 43.3. The van der Waals surface area contributed by atoms with Gasteiger partial charge in [0.25, 0.3) is 0 Å². The van der Waals surface area contributed by atoms with Crippen molar-refractivity contribution in [2.24, 2.45) is 47.3 Å². The third kappa shape index (κ3) is 41.5. The Morgan fingerprint density at radius 3 is 0.675 bits per heavy atom. The molecular formula is C102H128N6O12RuS2. The van der Waals surface area contributed by atoms with Gasteiger partial charge in [-0.15, -0.1) is 0 Å². The van der Waals surface area contributed by atoms with Gasteiger partial charge < -0.3 is 58.9 Å². The number of carboxylic acids is 2. The fourth-order valence-electron chi connectivity index (χ4n) is 11.4. The van der Waals surface area contributed by atoms with Crippen LogP contribution < -0.4 is 37.9 Å². The van der Waals surface area contributed by atoms with Crippen molar-refractivity contribution in [3.05, 3.63) is 212 Å². The summed E-state index contributed by atoms with van der Waals surface area (Å²) >= 11 is 7.40. The molecule has 4 heterocycles. The number of hydrogen-bond acceptors (Lipinski definition) is 16. The van der Waals surface area contributed by atoms with E-state index in [2.05, 4.69) is 268 Å². The van der Waals surface area contributed by atoms with E-state index in [1.54, 1.807) is 36.7 Å². The van der Waals surface area contributed by atoms with Crippen molar-refractivity contribution in [3.8, 4) is 68.8 Å². The maximum atomic E-state index is 10.5. The second-order valence-electron chi connectivity index (χ2n) is 33.2. The number of aliphatic carboxylic acids is 2. The Bertz CT molecular complexity index is 4540. The molecule has 2 N–H and O–H groups in total. The van der Waals surface area contributed by atoms with Gasteiger partial charge in [0.1, 0.15) is 46.0 Å². The predicted molar refractivity (Wildman–Crippen MR) is 511 cm³/mol. The van der Waals surface area contributed by atoms with E-state index in [1.165, 1.54) is 22.5 Å². The zero-order valence-corrected chi connectivity index (χ0v) is 78.6. The van der Waals surface area contributed by atoms with Crippen LogP contribution in [0.25, 0.3) is 94.4 Å². The molecule has 123 heavy (non-hydrogen) atoms. The topological polar surface area (TPSA) is 245 Å². The molecular weight excluding hydrogens is 1670 g/mol. The van der Waals surface area contributed by atoms with Gasteiger partial charge in [-0.1, -0.05) is 184 Å². The fourth-order valence-corrected chi connectivity index (χ4v) is 11.4. The number of thiocarbonyl (C=S) groups is 2. The Labute approximate surface area is 756 Å². The first-order valence-electron chi connectivity index (χ1n) is 42.5.